The zero-order valence-corrected chi connectivity index (χ0v) is 4.55. The van der Waals surface area contributed by atoms with Gasteiger partial charge in [-0.15, -0.1) is 0 Å². The summed E-state index contributed by atoms with van der Waals surface area (Å²) in [6, 6.07) is 0. The summed E-state index contributed by atoms with van der Waals surface area (Å²) in [5.74, 6) is 0. The standard InChI is InChI=1S/C5H11O2/c1-3-4-7-5(2)6/h5-6H,1,3-4H2,2H3. The SMILES string of the molecule is [CH2]CCOC(C)O. The second kappa shape index (κ2) is 4.09. The second-order valence-corrected chi connectivity index (χ2v) is 1.32. The smallest absolute Gasteiger partial charge is 0.151 e. The van der Waals surface area contributed by atoms with E-state index in [0.29, 0.717) is 13.0 Å². The minimum Gasteiger partial charge on any atom is -0.368 e. The molecule has 0 spiro atoms. The molecule has 1 unspecified atom stereocenters. The number of aliphatic hydroxyl groups excluding tert-OH is 1. The van der Waals surface area contributed by atoms with Gasteiger partial charge in [0, 0.05) is 6.61 Å². The van der Waals surface area contributed by atoms with Gasteiger partial charge in [0.15, 0.2) is 6.29 Å². The monoisotopic (exact) mass is 103 g/mol. The summed E-state index contributed by atoms with van der Waals surface area (Å²) < 4.78 is 4.68. The highest BCUT2D eigenvalue weighted by Gasteiger charge is 1.88. The summed E-state index contributed by atoms with van der Waals surface area (Å²) in [7, 11) is 0. The Morgan fingerprint density at radius 2 is 2.43 bits per heavy atom. The van der Waals surface area contributed by atoms with Crippen LogP contribution in [0.1, 0.15) is 13.3 Å². The normalized spacial score (nSPS) is 14.1. The van der Waals surface area contributed by atoms with Gasteiger partial charge in [0.1, 0.15) is 0 Å². The van der Waals surface area contributed by atoms with Crippen molar-refractivity contribution in [2.75, 3.05) is 6.61 Å². The van der Waals surface area contributed by atoms with Crippen molar-refractivity contribution in [3.05, 3.63) is 6.92 Å². The number of rotatable bonds is 3. The predicted molar refractivity (Wildman–Crippen MR) is 27.6 cm³/mol. The molecule has 0 aromatic heterocycles. The van der Waals surface area contributed by atoms with Crippen LogP contribution in [0.25, 0.3) is 0 Å². The molecule has 0 saturated heterocycles. The molecule has 0 bridgehead atoms. The van der Waals surface area contributed by atoms with Gasteiger partial charge in [0.05, 0.1) is 0 Å². The molecule has 0 aliphatic carbocycles. The van der Waals surface area contributed by atoms with Crippen LogP contribution in [0.4, 0.5) is 0 Å². The molecule has 0 aliphatic heterocycles. The van der Waals surface area contributed by atoms with E-state index in [1.54, 1.807) is 6.92 Å². The summed E-state index contributed by atoms with van der Waals surface area (Å²) in [6.07, 6.45) is 0.0759. The van der Waals surface area contributed by atoms with Crippen LogP contribution in [0.5, 0.6) is 0 Å². The maximum Gasteiger partial charge on any atom is 0.151 e. The first-order chi connectivity index (χ1) is 3.27. The molecule has 43 valence electrons. The topological polar surface area (TPSA) is 29.5 Å². The van der Waals surface area contributed by atoms with E-state index in [1.807, 2.05) is 0 Å². The Bertz CT molecular complexity index is 35.1. The molecular formula is C5H11O2. The van der Waals surface area contributed by atoms with E-state index in [-0.39, 0.29) is 0 Å². The molecular weight excluding hydrogens is 92.1 g/mol. The van der Waals surface area contributed by atoms with Crippen molar-refractivity contribution in [1.29, 1.82) is 0 Å². The van der Waals surface area contributed by atoms with Crippen LogP contribution in [0, 0.1) is 6.92 Å². The summed E-state index contributed by atoms with van der Waals surface area (Å²) in [5.41, 5.74) is 0. The Morgan fingerprint density at radius 1 is 1.86 bits per heavy atom. The molecule has 0 aromatic carbocycles. The molecule has 7 heavy (non-hydrogen) atoms. The largest absolute Gasteiger partial charge is 0.368 e. The van der Waals surface area contributed by atoms with Gasteiger partial charge in [-0.3, -0.25) is 0 Å². The molecule has 0 amide bonds. The minimum atomic E-state index is -0.637. The molecule has 0 heterocycles. The molecule has 2 nitrogen and oxygen atoms in total. The molecule has 1 atom stereocenters. The van der Waals surface area contributed by atoms with Crippen LogP contribution in [0.3, 0.4) is 0 Å². The Hall–Kier alpha value is -0.0800. The summed E-state index contributed by atoms with van der Waals surface area (Å²) >= 11 is 0. The van der Waals surface area contributed by atoms with Crippen molar-refractivity contribution in [3.8, 4) is 0 Å². The highest BCUT2D eigenvalue weighted by Crippen LogP contribution is 1.84. The molecule has 2 heteroatoms. The van der Waals surface area contributed by atoms with E-state index in [1.165, 1.54) is 0 Å². The first-order valence-electron chi connectivity index (χ1n) is 2.36. The lowest BCUT2D eigenvalue weighted by Crippen LogP contribution is -2.06. The minimum absolute atomic E-state index is 0.539. The fraction of sp³-hybridized carbons (Fsp3) is 0.800. The molecule has 0 aliphatic rings. The van der Waals surface area contributed by atoms with Crippen LogP contribution >= 0.6 is 0 Å². The van der Waals surface area contributed by atoms with Crippen molar-refractivity contribution in [2.24, 2.45) is 0 Å². The van der Waals surface area contributed by atoms with E-state index in [9.17, 15) is 0 Å². The first-order valence-corrected chi connectivity index (χ1v) is 2.36. The van der Waals surface area contributed by atoms with E-state index < -0.39 is 6.29 Å². The van der Waals surface area contributed by atoms with E-state index in [4.69, 9.17) is 5.11 Å². The van der Waals surface area contributed by atoms with Gasteiger partial charge in [0.25, 0.3) is 0 Å². The maximum absolute atomic E-state index is 8.43. The Kier molecular flexibility index (Phi) is 4.04. The number of hydrogen-bond donors (Lipinski definition) is 1. The average molecular weight is 103 g/mol. The maximum atomic E-state index is 8.43. The fourth-order valence-corrected chi connectivity index (χ4v) is 0.254. The van der Waals surface area contributed by atoms with Crippen molar-refractivity contribution in [3.63, 3.8) is 0 Å². The lowest BCUT2D eigenvalue weighted by molar-refractivity contribution is -0.0834. The quantitative estimate of drug-likeness (QED) is 0.529. The third-order valence-electron chi connectivity index (χ3n) is 0.503. The predicted octanol–water partition coefficient (Wildman–Crippen LogP) is 0.565. The van der Waals surface area contributed by atoms with Crippen LogP contribution in [0.15, 0.2) is 0 Å². The zero-order chi connectivity index (χ0) is 5.70. The van der Waals surface area contributed by atoms with Gasteiger partial charge in [-0.2, -0.15) is 0 Å². The number of hydrogen-bond acceptors (Lipinski definition) is 2. The molecule has 0 aromatic rings. The highest BCUT2D eigenvalue weighted by atomic mass is 16.6. The van der Waals surface area contributed by atoms with Crippen molar-refractivity contribution >= 4 is 0 Å². The van der Waals surface area contributed by atoms with Crippen LogP contribution in [0.2, 0.25) is 0 Å². The molecule has 0 fully saturated rings. The van der Waals surface area contributed by atoms with Gasteiger partial charge in [-0.05, 0) is 13.3 Å². The van der Waals surface area contributed by atoms with Gasteiger partial charge in [-0.1, -0.05) is 6.92 Å². The number of aliphatic hydroxyl groups is 1. The molecule has 0 saturated carbocycles. The van der Waals surface area contributed by atoms with Crippen LogP contribution in [-0.2, 0) is 4.74 Å². The molecule has 1 N–H and O–H groups in total. The molecule has 0 rings (SSSR count). The Morgan fingerprint density at radius 3 is 2.57 bits per heavy atom. The van der Waals surface area contributed by atoms with Crippen LogP contribution < -0.4 is 0 Å². The van der Waals surface area contributed by atoms with Gasteiger partial charge in [-0.25, -0.2) is 0 Å². The summed E-state index contributed by atoms with van der Waals surface area (Å²) in [6.45, 7) is 5.64. The van der Waals surface area contributed by atoms with Gasteiger partial charge >= 0.3 is 0 Å². The van der Waals surface area contributed by atoms with Crippen LogP contribution in [-0.4, -0.2) is 18.0 Å². The van der Waals surface area contributed by atoms with Crippen molar-refractivity contribution < 1.29 is 9.84 Å². The van der Waals surface area contributed by atoms with E-state index in [0.717, 1.165) is 0 Å². The van der Waals surface area contributed by atoms with E-state index >= 15 is 0 Å². The first kappa shape index (κ1) is 6.92. The third-order valence-corrected chi connectivity index (χ3v) is 0.503. The fourth-order valence-electron chi connectivity index (χ4n) is 0.254. The lowest BCUT2D eigenvalue weighted by atomic mass is 10.5. The summed E-state index contributed by atoms with van der Waals surface area (Å²) in [4.78, 5) is 0. The average Bonchev–Trinajstić information content (AvgIpc) is 1.61. The van der Waals surface area contributed by atoms with Gasteiger partial charge < -0.3 is 9.84 Å². The zero-order valence-electron chi connectivity index (χ0n) is 4.55. The van der Waals surface area contributed by atoms with E-state index in [2.05, 4.69) is 11.7 Å². The van der Waals surface area contributed by atoms with Crippen molar-refractivity contribution in [2.45, 2.75) is 19.6 Å². The summed E-state index contributed by atoms with van der Waals surface area (Å²) in [5, 5.41) is 8.43. The number of ether oxygens (including phenoxy) is 1. The van der Waals surface area contributed by atoms with Gasteiger partial charge in [0.2, 0.25) is 0 Å². The molecule has 1 radical (unpaired) electrons. The van der Waals surface area contributed by atoms with Crippen molar-refractivity contribution in [1.82, 2.24) is 0 Å². The Labute approximate surface area is 44.1 Å². The second-order valence-electron chi connectivity index (χ2n) is 1.32. The third kappa shape index (κ3) is 5.92. The lowest BCUT2D eigenvalue weighted by Gasteiger charge is -2.01. The highest BCUT2D eigenvalue weighted by molar-refractivity contribution is 4.34. The Balaban J connectivity index is 2.68.